The zero-order valence-corrected chi connectivity index (χ0v) is 14.0. The third kappa shape index (κ3) is 8.28. The van der Waals surface area contributed by atoms with Gasteiger partial charge in [0.15, 0.2) is 0 Å². The van der Waals surface area contributed by atoms with Crippen LogP contribution in [0.2, 0.25) is 0 Å². The van der Waals surface area contributed by atoms with Crippen LogP contribution in [0, 0.1) is 0 Å². The average Bonchev–Trinajstić information content (AvgIpc) is 2.86. The van der Waals surface area contributed by atoms with Crippen LogP contribution in [0.1, 0.15) is 25.8 Å². The Labute approximate surface area is 134 Å². The molecule has 0 spiro atoms. The van der Waals surface area contributed by atoms with Crippen molar-refractivity contribution in [2.45, 2.75) is 32.7 Å². The minimum Gasteiger partial charge on any atom is -0.480 e. The predicted molar refractivity (Wildman–Crippen MR) is 93.0 cm³/mol. The van der Waals surface area contributed by atoms with Crippen molar-refractivity contribution in [3.63, 3.8) is 0 Å². The summed E-state index contributed by atoms with van der Waals surface area (Å²) in [6, 6.07) is 0.969. The molecule has 0 fully saturated rings. The van der Waals surface area contributed by atoms with Gasteiger partial charge >= 0.3 is 5.97 Å². The highest BCUT2D eigenvalue weighted by Gasteiger charge is 2.15. The minimum absolute atomic E-state index is 0.292. The molecule has 0 aliphatic carbocycles. The smallest absolute Gasteiger partial charge is 0.320 e. The maximum Gasteiger partial charge on any atom is 0.320 e. The molecule has 8 heteroatoms. The van der Waals surface area contributed by atoms with Gasteiger partial charge in [-0.15, -0.1) is 11.3 Å². The summed E-state index contributed by atoms with van der Waals surface area (Å²) in [5.74, 6) is 0.198. The first-order valence-electron chi connectivity index (χ1n) is 6.78. The van der Waals surface area contributed by atoms with Gasteiger partial charge in [0, 0.05) is 13.5 Å². The van der Waals surface area contributed by atoms with Crippen LogP contribution >= 0.6 is 11.3 Å². The molecule has 1 aromatic rings. The highest BCUT2D eigenvalue weighted by molar-refractivity contribution is 7.14. The Bertz CT molecular complexity index is 521. The van der Waals surface area contributed by atoms with Crippen LogP contribution in [-0.2, 0) is 11.2 Å². The second kappa shape index (κ2) is 10.6. The lowest BCUT2D eigenvalue weighted by Gasteiger charge is -2.09. The van der Waals surface area contributed by atoms with E-state index in [9.17, 15) is 4.79 Å². The Kier molecular flexibility index (Phi) is 9.64. The molecule has 0 amide bonds. The molecule has 7 nitrogen and oxygen atoms in total. The lowest BCUT2D eigenvalue weighted by Crippen LogP contribution is -2.32. The summed E-state index contributed by atoms with van der Waals surface area (Å²) in [7, 11) is 1.66. The van der Waals surface area contributed by atoms with E-state index in [0.29, 0.717) is 18.1 Å². The monoisotopic (exact) mass is 327 g/mol. The Hall–Kier alpha value is -2.06. The van der Waals surface area contributed by atoms with Crippen molar-refractivity contribution in [2.75, 3.05) is 12.4 Å². The molecule has 0 aromatic carbocycles. The lowest BCUT2D eigenvalue weighted by molar-refractivity contribution is -0.138. The summed E-state index contributed by atoms with van der Waals surface area (Å²) < 4.78 is 0. The van der Waals surface area contributed by atoms with Gasteiger partial charge in [-0.05, 0) is 36.4 Å². The number of allylic oxidation sites excluding steroid dienone is 1. The molecule has 1 unspecified atom stereocenters. The molecule has 0 saturated heterocycles. The zero-order valence-electron chi connectivity index (χ0n) is 13.2. The molecular formula is C14H25N5O2S. The second-order valence-corrected chi connectivity index (χ2v) is 5.40. The Morgan fingerprint density at radius 1 is 1.55 bits per heavy atom. The van der Waals surface area contributed by atoms with Gasteiger partial charge in [0.25, 0.3) is 0 Å². The van der Waals surface area contributed by atoms with Crippen molar-refractivity contribution >= 4 is 28.1 Å². The summed E-state index contributed by atoms with van der Waals surface area (Å²) in [4.78, 5) is 14.3. The quantitative estimate of drug-likeness (QED) is 0.394. The molecule has 0 aliphatic heterocycles. The number of aliphatic carboxylic acids is 1. The van der Waals surface area contributed by atoms with Crippen LogP contribution < -0.4 is 22.5 Å². The van der Waals surface area contributed by atoms with Gasteiger partial charge in [-0.25, -0.2) is 0 Å². The number of carbonyl (C=O) groups is 1. The van der Waals surface area contributed by atoms with Gasteiger partial charge in [0.05, 0.1) is 16.7 Å². The number of nitrogens with zero attached hydrogens (tertiary/aromatic N) is 1. The molecule has 22 heavy (non-hydrogen) atoms. The summed E-state index contributed by atoms with van der Waals surface area (Å²) in [6.07, 6.45) is 3.00. The molecule has 0 bridgehead atoms. The number of nitrogens with two attached hydrogens (primary N) is 3. The van der Waals surface area contributed by atoms with Crippen molar-refractivity contribution in [3.8, 4) is 0 Å². The topological polar surface area (TPSA) is 140 Å². The molecular weight excluding hydrogens is 302 g/mol. The number of anilines is 1. The van der Waals surface area contributed by atoms with E-state index >= 15 is 0 Å². The van der Waals surface area contributed by atoms with E-state index in [1.54, 1.807) is 14.0 Å². The van der Waals surface area contributed by atoms with Gasteiger partial charge in [-0.2, -0.15) is 0 Å². The van der Waals surface area contributed by atoms with Gasteiger partial charge in [-0.1, -0.05) is 6.92 Å². The molecule has 1 atom stereocenters. The van der Waals surface area contributed by atoms with E-state index in [0.717, 1.165) is 17.0 Å². The number of hydrogen-bond acceptors (Lipinski definition) is 6. The van der Waals surface area contributed by atoms with E-state index in [2.05, 4.69) is 10.3 Å². The van der Waals surface area contributed by atoms with Gasteiger partial charge in [0.1, 0.15) is 6.04 Å². The Balaban J connectivity index is 0.000000763. The summed E-state index contributed by atoms with van der Waals surface area (Å²) in [5, 5.41) is 14.5. The van der Waals surface area contributed by atoms with Crippen LogP contribution in [0.3, 0.4) is 0 Å². The van der Waals surface area contributed by atoms with E-state index in [-0.39, 0.29) is 0 Å². The lowest BCUT2D eigenvalue weighted by atomic mass is 10.1. The second-order valence-electron chi connectivity index (χ2n) is 4.48. The molecule has 0 aliphatic rings. The van der Waals surface area contributed by atoms with E-state index in [4.69, 9.17) is 22.3 Å². The zero-order chi connectivity index (χ0) is 17.1. The fourth-order valence-electron chi connectivity index (χ4n) is 1.33. The highest BCUT2D eigenvalue weighted by Crippen LogP contribution is 2.25. The maximum absolute atomic E-state index is 10.7. The van der Waals surface area contributed by atoms with Crippen LogP contribution in [0.4, 0.5) is 5.00 Å². The van der Waals surface area contributed by atoms with Crippen LogP contribution in [0.5, 0.6) is 0 Å². The SMILES string of the molecule is CC/C=C(/N)Nc1sccc1CC(N)C(=O)O.CN=C(C)N. The number of rotatable bonds is 6. The standard InChI is InChI=1S/C11H17N3O2S.C3H8N2/c1-2-3-9(13)14-10-7(4-5-17-10)6-8(12)11(15)16;1-3(4)5-2/h3-5,8,14H,2,6,12-13H2,1H3,(H,15,16);1-2H3,(H2,4,5)/b9-3-;. The molecule has 124 valence electrons. The number of carboxylic acid groups (broad SMARTS) is 1. The first-order valence-corrected chi connectivity index (χ1v) is 7.66. The van der Waals surface area contributed by atoms with E-state index in [1.807, 2.05) is 24.4 Å². The van der Waals surface area contributed by atoms with Crippen LogP contribution in [0.15, 0.2) is 28.3 Å². The minimum atomic E-state index is -1.00. The largest absolute Gasteiger partial charge is 0.480 e. The van der Waals surface area contributed by atoms with Crippen molar-refractivity contribution in [1.29, 1.82) is 0 Å². The van der Waals surface area contributed by atoms with E-state index in [1.165, 1.54) is 11.3 Å². The molecule has 1 rings (SSSR count). The third-order valence-corrected chi connectivity index (χ3v) is 3.41. The number of carboxylic acids is 1. The van der Waals surface area contributed by atoms with Gasteiger partial charge < -0.3 is 27.6 Å². The maximum atomic E-state index is 10.7. The highest BCUT2D eigenvalue weighted by atomic mass is 32.1. The molecule has 1 heterocycles. The first kappa shape index (κ1) is 19.9. The normalized spacial score (nSPS) is 13.1. The summed E-state index contributed by atoms with van der Waals surface area (Å²) >= 11 is 1.48. The first-order chi connectivity index (χ1) is 10.3. The Morgan fingerprint density at radius 2 is 2.14 bits per heavy atom. The van der Waals surface area contributed by atoms with Crippen molar-refractivity contribution in [3.05, 3.63) is 28.9 Å². The Morgan fingerprint density at radius 3 is 2.59 bits per heavy atom. The predicted octanol–water partition coefficient (Wildman–Crippen LogP) is 1.32. The number of aliphatic imine (C=N–C) groups is 1. The molecule has 8 N–H and O–H groups in total. The average molecular weight is 327 g/mol. The number of nitrogens with one attached hydrogen (secondary N) is 1. The number of hydrogen-bond donors (Lipinski definition) is 5. The summed E-state index contributed by atoms with van der Waals surface area (Å²) in [6.45, 7) is 3.74. The molecule has 1 aromatic heterocycles. The third-order valence-electron chi connectivity index (χ3n) is 2.54. The fraction of sp³-hybridized carbons (Fsp3) is 0.429. The van der Waals surface area contributed by atoms with Crippen LogP contribution in [-0.4, -0.2) is 30.0 Å². The van der Waals surface area contributed by atoms with Crippen molar-refractivity contribution in [2.24, 2.45) is 22.2 Å². The number of thiophene rings is 1. The van der Waals surface area contributed by atoms with Gasteiger partial charge in [0.2, 0.25) is 0 Å². The number of amidine groups is 1. The van der Waals surface area contributed by atoms with Gasteiger partial charge in [-0.3, -0.25) is 9.79 Å². The van der Waals surface area contributed by atoms with Crippen LogP contribution in [0.25, 0.3) is 0 Å². The summed E-state index contributed by atoms with van der Waals surface area (Å²) in [5.41, 5.74) is 17.2. The molecule has 0 saturated carbocycles. The van der Waals surface area contributed by atoms with E-state index < -0.39 is 12.0 Å². The van der Waals surface area contributed by atoms with Crippen molar-refractivity contribution in [1.82, 2.24) is 0 Å². The van der Waals surface area contributed by atoms with Crippen molar-refractivity contribution < 1.29 is 9.90 Å². The molecule has 0 radical (unpaired) electrons. The fourth-order valence-corrected chi connectivity index (χ4v) is 2.18.